The van der Waals surface area contributed by atoms with Crippen molar-refractivity contribution >= 4 is 6.03 Å². The molecule has 1 saturated heterocycles. The van der Waals surface area contributed by atoms with Gasteiger partial charge in [0.2, 0.25) is 0 Å². The molecule has 0 aromatic carbocycles. The van der Waals surface area contributed by atoms with Crippen LogP contribution >= 0.6 is 0 Å². The Hall–Kier alpha value is -0.770. The largest absolute Gasteiger partial charge is 0.359 e. The van der Waals surface area contributed by atoms with Crippen LogP contribution in [-0.2, 0) is 4.74 Å². The maximum Gasteiger partial charge on any atom is 0.320 e. The minimum atomic E-state index is -0.249. The van der Waals surface area contributed by atoms with Crippen LogP contribution in [0, 0.1) is 0 Å². The molecule has 0 bridgehead atoms. The first-order valence-electron chi connectivity index (χ1n) is 4.15. The highest BCUT2D eigenvalue weighted by Crippen LogP contribution is 2.25. The predicted octanol–water partition coefficient (Wildman–Crippen LogP) is 0.783. The highest BCUT2D eigenvalue weighted by atomic mass is 16.5. The Kier molecular flexibility index (Phi) is 2.28. The lowest BCUT2D eigenvalue weighted by Crippen LogP contribution is -2.47. The first-order chi connectivity index (χ1) is 5.54. The number of hydrogen-bond acceptors (Lipinski definition) is 2. The first kappa shape index (κ1) is 9.32. The van der Waals surface area contributed by atoms with Gasteiger partial charge in [-0.1, -0.05) is 0 Å². The van der Waals surface area contributed by atoms with Crippen LogP contribution in [0.4, 0.5) is 4.79 Å². The quantitative estimate of drug-likeness (QED) is 0.669. The van der Waals surface area contributed by atoms with Gasteiger partial charge in [0.1, 0.15) is 0 Å². The third-order valence-electron chi connectivity index (χ3n) is 2.39. The summed E-state index contributed by atoms with van der Waals surface area (Å²) in [5.74, 6) is 0. The van der Waals surface area contributed by atoms with Gasteiger partial charge in [0.15, 0.2) is 6.23 Å². The van der Waals surface area contributed by atoms with Crippen LogP contribution in [-0.4, -0.2) is 36.4 Å². The summed E-state index contributed by atoms with van der Waals surface area (Å²) >= 11 is 0. The van der Waals surface area contributed by atoms with Gasteiger partial charge < -0.3 is 15.0 Å². The molecule has 1 aliphatic rings. The summed E-state index contributed by atoms with van der Waals surface area (Å²) in [6.45, 7) is 6.64. The van der Waals surface area contributed by atoms with Crippen molar-refractivity contribution in [2.75, 3.05) is 13.7 Å². The number of carbonyl (C=O) groups is 1. The van der Waals surface area contributed by atoms with Crippen LogP contribution in [0.5, 0.6) is 0 Å². The number of nitrogens with one attached hydrogen (secondary N) is 1. The maximum atomic E-state index is 11.3. The molecule has 1 fully saturated rings. The van der Waals surface area contributed by atoms with Crippen LogP contribution in [0.1, 0.15) is 20.8 Å². The Bertz CT molecular complexity index is 191. The van der Waals surface area contributed by atoms with Gasteiger partial charge in [-0.25, -0.2) is 4.79 Å². The molecule has 2 amide bonds. The summed E-state index contributed by atoms with van der Waals surface area (Å²) in [6.07, 6.45) is -0.204. The van der Waals surface area contributed by atoms with E-state index in [0.717, 1.165) is 0 Å². The molecular weight excluding hydrogens is 156 g/mol. The van der Waals surface area contributed by atoms with Crippen LogP contribution in [0.3, 0.4) is 0 Å². The van der Waals surface area contributed by atoms with E-state index in [0.29, 0.717) is 6.54 Å². The molecule has 1 aliphatic heterocycles. The van der Waals surface area contributed by atoms with E-state index in [1.54, 1.807) is 12.0 Å². The molecule has 0 aromatic heterocycles. The van der Waals surface area contributed by atoms with Crippen molar-refractivity contribution in [2.45, 2.75) is 32.5 Å². The molecule has 12 heavy (non-hydrogen) atoms. The second-order valence-corrected chi connectivity index (χ2v) is 3.46. The first-order valence-corrected chi connectivity index (χ1v) is 4.15. The summed E-state index contributed by atoms with van der Waals surface area (Å²) in [7, 11) is 1.60. The fourth-order valence-corrected chi connectivity index (χ4v) is 1.67. The lowest BCUT2D eigenvalue weighted by Gasteiger charge is -2.32. The smallest absolute Gasteiger partial charge is 0.320 e. The second-order valence-electron chi connectivity index (χ2n) is 3.46. The van der Waals surface area contributed by atoms with Crippen LogP contribution in [0.15, 0.2) is 0 Å². The molecule has 0 spiro atoms. The van der Waals surface area contributed by atoms with E-state index in [-0.39, 0.29) is 17.8 Å². The van der Waals surface area contributed by atoms with Gasteiger partial charge in [-0.2, -0.15) is 0 Å². The molecule has 0 saturated carbocycles. The molecular formula is C8H16N2O2. The van der Waals surface area contributed by atoms with Gasteiger partial charge in [0, 0.05) is 13.7 Å². The van der Waals surface area contributed by atoms with E-state index in [9.17, 15) is 4.79 Å². The molecule has 1 rings (SSSR count). The zero-order valence-corrected chi connectivity index (χ0v) is 8.05. The van der Waals surface area contributed by atoms with Crippen molar-refractivity contribution in [3.8, 4) is 0 Å². The molecule has 0 aliphatic carbocycles. The summed E-state index contributed by atoms with van der Waals surface area (Å²) in [5.41, 5.74) is -0.249. The van der Waals surface area contributed by atoms with Gasteiger partial charge in [0.25, 0.3) is 0 Å². The third kappa shape index (κ3) is 1.16. The lowest BCUT2D eigenvalue weighted by molar-refractivity contribution is 0.0137. The predicted molar refractivity (Wildman–Crippen MR) is 45.8 cm³/mol. The van der Waals surface area contributed by atoms with E-state index in [4.69, 9.17) is 4.74 Å². The van der Waals surface area contributed by atoms with Crippen LogP contribution in [0.25, 0.3) is 0 Å². The van der Waals surface area contributed by atoms with Crippen molar-refractivity contribution < 1.29 is 9.53 Å². The zero-order valence-electron chi connectivity index (χ0n) is 8.05. The molecule has 0 radical (unpaired) electrons. The Morgan fingerprint density at radius 2 is 2.25 bits per heavy atom. The summed E-state index contributed by atoms with van der Waals surface area (Å²) < 4.78 is 5.16. The van der Waals surface area contributed by atoms with E-state index >= 15 is 0 Å². The van der Waals surface area contributed by atoms with E-state index in [2.05, 4.69) is 5.32 Å². The van der Waals surface area contributed by atoms with E-state index in [1.807, 2.05) is 20.8 Å². The van der Waals surface area contributed by atoms with Gasteiger partial charge in [0.05, 0.1) is 5.54 Å². The Labute approximate surface area is 72.9 Å². The van der Waals surface area contributed by atoms with Crippen molar-refractivity contribution in [2.24, 2.45) is 0 Å². The number of rotatable bonds is 2. The van der Waals surface area contributed by atoms with Gasteiger partial charge >= 0.3 is 6.03 Å². The molecule has 1 unspecified atom stereocenters. The maximum absolute atomic E-state index is 11.3. The molecule has 4 heteroatoms. The zero-order chi connectivity index (χ0) is 9.35. The van der Waals surface area contributed by atoms with Gasteiger partial charge in [-0.05, 0) is 20.8 Å². The van der Waals surface area contributed by atoms with Crippen molar-refractivity contribution in [1.29, 1.82) is 0 Å². The molecule has 1 N–H and O–H groups in total. The van der Waals surface area contributed by atoms with Crippen molar-refractivity contribution in [3.63, 3.8) is 0 Å². The molecule has 70 valence electrons. The average molecular weight is 172 g/mol. The Morgan fingerprint density at radius 1 is 1.67 bits per heavy atom. The highest BCUT2D eigenvalue weighted by Gasteiger charge is 2.45. The number of carbonyl (C=O) groups excluding carboxylic acids is 1. The van der Waals surface area contributed by atoms with Crippen molar-refractivity contribution in [3.05, 3.63) is 0 Å². The highest BCUT2D eigenvalue weighted by molar-refractivity contribution is 5.78. The van der Waals surface area contributed by atoms with E-state index in [1.165, 1.54) is 0 Å². The van der Waals surface area contributed by atoms with Gasteiger partial charge in [-0.3, -0.25) is 0 Å². The lowest BCUT2D eigenvalue weighted by atomic mass is 10.0. The molecule has 4 nitrogen and oxygen atoms in total. The minimum Gasteiger partial charge on any atom is -0.359 e. The molecule has 1 heterocycles. The topological polar surface area (TPSA) is 41.6 Å². The summed E-state index contributed by atoms with van der Waals surface area (Å²) in [5, 5.41) is 2.76. The number of likely N-dealkylation sites (N-methyl/N-ethyl adjacent to an activating group) is 1. The monoisotopic (exact) mass is 172 g/mol. The van der Waals surface area contributed by atoms with E-state index < -0.39 is 0 Å². The fourth-order valence-electron chi connectivity index (χ4n) is 1.67. The third-order valence-corrected chi connectivity index (χ3v) is 2.39. The summed E-state index contributed by atoms with van der Waals surface area (Å²) in [4.78, 5) is 13.1. The minimum absolute atomic E-state index is 0.0469. The summed E-state index contributed by atoms with van der Waals surface area (Å²) in [6, 6.07) is -0.0469. The SMILES string of the molecule is CCN1C(=O)NC(OC)C1(C)C. The number of ether oxygens (including phenoxy) is 1. The number of amides is 2. The Morgan fingerprint density at radius 3 is 2.50 bits per heavy atom. The number of nitrogens with zero attached hydrogens (tertiary/aromatic N) is 1. The second kappa shape index (κ2) is 2.94. The number of methoxy groups -OCH3 is 1. The fraction of sp³-hybridized carbons (Fsp3) is 0.875. The van der Waals surface area contributed by atoms with Gasteiger partial charge in [-0.15, -0.1) is 0 Å². The number of urea groups is 1. The Balaban J connectivity index is 2.83. The normalized spacial score (nSPS) is 27.5. The molecule has 0 aromatic rings. The van der Waals surface area contributed by atoms with Crippen LogP contribution < -0.4 is 5.32 Å². The molecule has 1 atom stereocenters. The van der Waals surface area contributed by atoms with Crippen LogP contribution in [0.2, 0.25) is 0 Å². The van der Waals surface area contributed by atoms with Crippen molar-refractivity contribution in [1.82, 2.24) is 10.2 Å². The standard InChI is InChI=1S/C8H16N2O2/c1-5-10-7(11)9-6(12-4)8(10,2)3/h6H,5H2,1-4H3,(H,9,11). The number of hydrogen-bond donors (Lipinski definition) is 1. The average Bonchev–Trinajstić information content (AvgIpc) is 2.21.